The molecule has 2 aromatic rings. The predicted octanol–water partition coefficient (Wildman–Crippen LogP) is 3.43. The quantitative estimate of drug-likeness (QED) is 0.918. The highest BCUT2D eigenvalue weighted by molar-refractivity contribution is 5.76. The van der Waals surface area contributed by atoms with Crippen LogP contribution in [0.1, 0.15) is 49.9 Å². The van der Waals surface area contributed by atoms with Gasteiger partial charge in [0.2, 0.25) is 0 Å². The molecule has 1 aromatic carbocycles. The monoisotopic (exact) mass is 314 g/mol. The number of H-pyrrole nitrogens is 1. The van der Waals surface area contributed by atoms with Crippen LogP contribution in [0.2, 0.25) is 0 Å². The number of imidazole rings is 1. The van der Waals surface area contributed by atoms with E-state index in [9.17, 15) is 0 Å². The molecule has 2 heterocycles. The molecule has 4 heteroatoms. The summed E-state index contributed by atoms with van der Waals surface area (Å²) in [5, 5.41) is 0. The fourth-order valence-corrected chi connectivity index (χ4v) is 3.41. The van der Waals surface area contributed by atoms with Crippen molar-refractivity contribution in [2.24, 2.45) is 0 Å². The van der Waals surface area contributed by atoms with Gasteiger partial charge in [-0.3, -0.25) is 0 Å². The van der Waals surface area contributed by atoms with E-state index in [1.165, 1.54) is 43.6 Å². The smallest absolute Gasteiger partial charge is 0.109 e. The zero-order valence-corrected chi connectivity index (χ0v) is 15.0. The van der Waals surface area contributed by atoms with Crippen LogP contribution in [0.15, 0.2) is 18.2 Å². The minimum absolute atomic E-state index is 0.450. The number of hydrogen-bond donors (Lipinski definition) is 1. The van der Waals surface area contributed by atoms with Crippen molar-refractivity contribution in [1.82, 2.24) is 19.8 Å². The van der Waals surface area contributed by atoms with Crippen LogP contribution in [0.4, 0.5) is 0 Å². The van der Waals surface area contributed by atoms with Gasteiger partial charge >= 0.3 is 0 Å². The van der Waals surface area contributed by atoms with Crippen molar-refractivity contribution in [3.8, 4) is 0 Å². The van der Waals surface area contributed by atoms with Crippen LogP contribution in [0, 0.1) is 0 Å². The molecule has 1 N–H and O–H groups in total. The van der Waals surface area contributed by atoms with Gasteiger partial charge in [-0.15, -0.1) is 0 Å². The molecule has 23 heavy (non-hydrogen) atoms. The molecular weight excluding hydrogens is 284 g/mol. The number of nitrogens with zero attached hydrogens (tertiary/aromatic N) is 3. The van der Waals surface area contributed by atoms with Gasteiger partial charge < -0.3 is 14.8 Å². The second-order valence-electron chi connectivity index (χ2n) is 7.47. The Morgan fingerprint density at radius 1 is 1.26 bits per heavy atom. The highest BCUT2D eigenvalue weighted by atomic mass is 15.2. The van der Waals surface area contributed by atoms with Crippen molar-refractivity contribution in [2.45, 2.75) is 38.5 Å². The van der Waals surface area contributed by atoms with Crippen molar-refractivity contribution in [1.29, 1.82) is 0 Å². The summed E-state index contributed by atoms with van der Waals surface area (Å²) in [5.74, 6) is 2.24. The van der Waals surface area contributed by atoms with Gasteiger partial charge in [0.15, 0.2) is 0 Å². The number of aromatic nitrogens is 2. The van der Waals surface area contributed by atoms with Crippen LogP contribution in [0.3, 0.4) is 0 Å². The standard InChI is InChI=1S/C19H30N4/c1-14(2)19-20-17-6-5-16(13-18(17)21-19)15-7-9-23(10-8-15)12-11-22(3)4/h5-6,13-15H,7-12H2,1-4H3,(H,20,21). The van der Waals surface area contributed by atoms with E-state index in [4.69, 9.17) is 0 Å². The largest absolute Gasteiger partial charge is 0.342 e. The topological polar surface area (TPSA) is 35.2 Å². The first-order valence-electron chi connectivity index (χ1n) is 8.89. The average Bonchev–Trinajstić information content (AvgIpc) is 2.97. The van der Waals surface area contributed by atoms with Gasteiger partial charge in [0.05, 0.1) is 11.0 Å². The summed E-state index contributed by atoms with van der Waals surface area (Å²) in [7, 11) is 4.30. The molecule has 4 nitrogen and oxygen atoms in total. The fourth-order valence-electron chi connectivity index (χ4n) is 3.41. The summed E-state index contributed by atoms with van der Waals surface area (Å²) in [5.41, 5.74) is 3.77. The van der Waals surface area contributed by atoms with Gasteiger partial charge in [0, 0.05) is 19.0 Å². The summed E-state index contributed by atoms with van der Waals surface area (Å²) in [6.07, 6.45) is 2.54. The van der Waals surface area contributed by atoms with E-state index in [-0.39, 0.29) is 0 Å². The average molecular weight is 314 g/mol. The van der Waals surface area contributed by atoms with E-state index in [2.05, 4.69) is 65.9 Å². The molecule has 126 valence electrons. The van der Waals surface area contributed by atoms with Gasteiger partial charge in [-0.05, 0) is 63.6 Å². The van der Waals surface area contributed by atoms with Crippen molar-refractivity contribution >= 4 is 11.0 Å². The molecule has 0 spiro atoms. The van der Waals surface area contributed by atoms with Crippen LogP contribution in [0.25, 0.3) is 11.0 Å². The van der Waals surface area contributed by atoms with Crippen LogP contribution < -0.4 is 0 Å². The Balaban J connectivity index is 1.65. The summed E-state index contributed by atoms with van der Waals surface area (Å²) in [6.45, 7) is 9.15. The molecular formula is C19H30N4. The molecule has 1 fully saturated rings. The SMILES string of the molecule is CC(C)c1nc2ccc(C3CCN(CCN(C)C)CC3)cc2[nH]1. The number of aromatic amines is 1. The van der Waals surface area contributed by atoms with Crippen LogP contribution in [0.5, 0.6) is 0 Å². The molecule has 0 unspecified atom stereocenters. The highest BCUT2D eigenvalue weighted by Crippen LogP contribution is 2.30. The Morgan fingerprint density at radius 3 is 2.65 bits per heavy atom. The van der Waals surface area contributed by atoms with E-state index in [1.807, 2.05) is 0 Å². The molecule has 0 saturated carbocycles. The maximum atomic E-state index is 4.68. The second-order valence-corrected chi connectivity index (χ2v) is 7.47. The normalized spacial score (nSPS) is 17.7. The third-order valence-corrected chi connectivity index (χ3v) is 4.99. The summed E-state index contributed by atoms with van der Waals surface area (Å²) < 4.78 is 0. The summed E-state index contributed by atoms with van der Waals surface area (Å²) in [4.78, 5) is 13.0. The number of likely N-dealkylation sites (tertiary alicyclic amines) is 1. The molecule has 3 rings (SSSR count). The molecule has 0 bridgehead atoms. The number of benzene rings is 1. The fraction of sp³-hybridized carbons (Fsp3) is 0.632. The van der Waals surface area contributed by atoms with Gasteiger partial charge in [0.25, 0.3) is 0 Å². The second kappa shape index (κ2) is 7.02. The van der Waals surface area contributed by atoms with Gasteiger partial charge in [-0.2, -0.15) is 0 Å². The van der Waals surface area contributed by atoms with Crippen LogP contribution in [-0.4, -0.2) is 60.0 Å². The molecule has 0 atom stereocenters. The number of hydrogen-bond acceptors (Lipinski definition) is 3. The van der Waals surface area contributed by atoms with Crippen molar-refractivity contribution in [2.75, 3.05) is 40.3 Å². The third kappa shape index (κ3) is 3.93. The minimum Gasteiger partial charge on any atom is -0.342 e. The van der Waals surface area contributed by atoms with Crippen molar-refractivity contribution in [3.05, 3.63) is 29.6 Å². The van der Waals surface area contributed by atoms with E-state index in [0.717, 1.165) is 17.9 Å². The number of likely N-dealkylation sites (N-methyl/N-ethyl adjacent to an activating group) is 1. The molecule has 1 aliphatic rings. The van der Waals surface area contributed by atoms with Gasteiger partial charge in [0.1, 0.15) is 5.82 Å². The number of fused-ring (bicyclic) bond motifs is 1. The molecule has 0 aliphatic carbocycles. The minimum atomic E-state index is 0.450. The highest BCUT2D eigenvalue weighted by Gasteiger charge is 2.21. The first-order chi connectivity index (χ1) is 11.0. The molecule has 0 radical (unpaired) electrons. The van der Waals surface area contributed by atoms with Crippen LogP contribution >= 0.6 is 0 Å². The molecule has 1 aromatic heterocycles. The Hall–Kier alpha value is -1.39. The Morgan fingerprint density at radius 2 is 2.00 bits per heavy atom. The number of rotatable bonds is 5. The zero-order chi connectivity index (χ0) is 16.4. The Bertz CT molecular complexity index is 636. The van der Waals surface area contributed by atoms with Crippen molar-refractivity contribution in [3.63, 3.8) is 0 Å². The lowest BCUT2D eigenvalue weighted by Crippen LogP contribution is -2.37. The summed E-state index contributed by atoms with van der Waals surface area (Å²) in [6, 6.07) is 6.80. The molecule has 1 saturated heterocycles. The first kappa shape index (κ1) is 16.5. The third-order valence-electron chi connectivity index (χ3n) is 4.99. The first-order valence-corrected chi connectivity index (χ1v) is 8.89. The Labute approximate surface area is 139 Å². The lowest BCUT2D eigenvalue weighted by molar-refractivity contribution is 0.194. The van der Waals surface area contributed by atoms with E-state index >= 15 is 0 Å². The maximum Gasteiger partial charge on any atom is 0.109 e. The summed E-state index contributed by atoms with van der Waals surface area (Å²) >= 11 is 0. The predicted molar refractivity (Wildman–Crippen MR) is 97.2 cm³/mol. The Kier molecular flexibility index (Phi) is 5.02. The van der Waals surface area contributed by atoms with Gasteiger partial charge in [-0.25, -0.2) is 4.98 Å². The van der Waals surface area contributed by atoms with E-state index in [0.29, 0.717) is 11.8 Å². The van der Waals surface area contributed by atoms with Gasteiger partial charge in [-0.1, -0.05) is 19.9 Å². The van der Waals surface area contributed by atoms with E-state index in [1.54, 1.807) is 0 Å². The molecule has 1 aliphatic heterocycles. The van der Waals surface area contributed by atoms with Crippen LogP contribution in [-0.2, 0) is 0 Å². The maximum absolute atomic E-state index is 4.68. The number of nitrogens with one attached hydrogen (secondary N) is 1. The molecule has 0 amide bonds. The van der Waals surface area contributed by atoms with Crippen molar-refractivity contribution < 1.29 is 0 Å². The van der Waals surface area contributed by atoms with E-state index < -0.39 is 0 Å². The lowest BCUT2D eigenvalue weighted by atomic mass is 9.89. The lowest BCUT2D eigenvalue weighted by Gasteiger charge is -2.32. The zero-order valence-electron chi connectivity index (χ0n) is 15.0. The number of piperidine rings is 1.